The van der Waals surface area contributed by atoms with Crippen molar-refractivity contribution < 1.29 is 4.79 Å². The van der Waals surface area contributed by atoms with Crippen molar-refractivity contribution in [1.82, 2.24) is 29.8 Å². The summed E-state index contributed by atoms with van der Waals surface area (Å²) in [6.45, 7) is 5.26. The van der Waals surface area contributed by atoms with E-state index in [1.54, 1.807) is 6.20 Å². The monoisotopic (exact) mass is 338 g/mol. The summed E-state index contributed by atoms with van der Waals surface area (Å²) < 4.78 is 4.01. The summed E-state index contributed by atoms with van der Waals surface area (Å²) in [6.07, 6.45) is 5.09. The molecule has 0 fully saturated rings. The summed E-state index contributed by atoms with van der Waals surface area (Å²) in [4.78, 5) is 16.7. The van der Waals surface area contributed by atoms with E-state index in [1.807, 2.05) is 34.3 Å². The van der Waals surface area contributed by atoms with Crippen molar-refractivity contribution in [2.24, 2.45) is 0 Å². The number of rotatable bonds is 4. The van der Waals surface area contributed by atoms with Gasteiger partial charge in [-0.3, -0.25) is 9.48 Å². The molecule has 0 aliphatic carbocycles. The van der Waals surface area contributed by atoms with Crippen molar-refractivity contribution in [1.29, 1.82) is 0 Å². The molecule has 7 nitrogen and oxygen atoms in total. The van der Waals surface area contributed by atoms with E-state index < -0.39 is 0 Å². The molecule has 7 heteroatoms. The van der Waals surface area contributed by atoms with Gasteiger partial charge in [-0.25, -0.2) is 4.98 Å². The molecule has 3 aromatic heterocycles. The van der Waals surface area contributed by atoms with E-state index in [9.17, 15) is 4.79 Å². The summed E-state index contributed by atoms with van der Waals surface area (Å²) in [6, 6.07) is 6.05. The molecule has 1 aliphatic heterocycles. The summed E-state index contributed by atoms with van der Waals surface area (Å²) in [5, 5.41) is 10.9. The average Bonchev–Trinajstić information content (AvgIpc) is 3.12. The lowest BCUT2D eigenvalue weighted by Gasteiger charge is -2.04. The number of aromatic nitrogens is 4. The molecule has 0 unspecified atom stereocenters. The van der Waals surface area contributed by atoms with Gasteiger partial charge in [0.2, 0.25) is 5.91 Å². The highest BCUT2D eigenvalue weighted by Crippen LogP contribution is 2.12. The minimum atomic E-state index is -0.0235. The van der Waals surface area contributed by atoms with Crippen LogP contribution in [0.25, 0.3) is 5.65 Å². The second kappa shape index (κ2) is 6.68. The van der Waals surface area contributed by atoms with Crippen LogP contribution in [-0.4, -0.2) is 31.6 Å². The molecule has 4 rings (SSSR count). The first-order chi connectivity index (χ1) is 12.2. The van der Waals surface area contributed by atoms with Gasteiger partial charge in [-0.15, -0.1) is 0 Å². The number of carbonyl (C=O) groups is 1. The highest BCUT2D eigenvalue weighted by Gasteiger charge is 2.13. The number of imidazole rings is 1. The zero-order valence-electron chi connectivity index (χ0n) is 14.3. The van der Waals surface area contributed by atoms with Crippen molar-refractivity contribution in [3.8, 4) is 0 Å². The van der Waals surface area contributed by atoms with E-state index in [0.29, 0.717) is 13.0 Å². The third-order valence-corrected chi connectivity index (χ3v) is 4.56. The highest BCUT2D eigenvalue weighted by molar-refractivity contribution is 5.78. The Morgan fingerprint density at radius 3 is 3.28 bits per heavy atom. The first kappa shape index (κ1) is 15.8. The van der Waals surface area contributed by atoms with E-state index in [0.717, 1.165) is 48.7 Å². The maximum Gasteiger partial charge on any atom is 0.226 e. The standard InChI is InChI=1S/C18H22N6O/c1-13-4-2-6-23-15(12-21-18(13)23)9-17(25)20-10-14-8-16-11-19-5-3-7-24(16)22-14/h2,4,6,8,12,19H,3,5,7,9-11H2,1H3,(H,20,25). The highest BCUT2D eigenvalue weighted by atomic mass is 16.1. The third kappa shape index (κ3) is 3.28. The second-order valence-corrected chi connectivity index (χ2v) is 6.47. The molecule has 0 atom stereocenters. The van der Waals surface area contributed by atoms with Crippen LogP contribution in [0.1, 0.15) is 29.1 Å². The molecular weight excluding hydrogens is 316 g/mol. The molecule has 130 valence electrons. The number of aryl methyl sites for hydroxylation is 2. The Bertz CT molecular complexity index is 886. The molecule has 0 aromatic carbocycles. The molecule has 0 saturated heterocycles. The van der Waals surface area contributed by atoms with Gasteiger partial charge in [0.1, 0.15) is 5.65 Å². The lowest BCUT2D eigenvalue weighted by atomic mass is 10.3. The molecule has 0 saturated carbocycles. The fraction of sp³-hybridized carbons (Fsp3) is 0.389. The first-order valence-corrected chi connectivity index (χ1v) is 8.65. The Kier molecular flexibility index (Phi) is 4.23. The van der Waals surface area contributed by atoms with Crippen LogP contribution in [0.3, 0.4) is 0 Å². The van der Waals surface area contributed by atoms with E-state index in [4.69, 9.17) is 0 Å². The number of carbonyl (C=O) groups excluding carboxylic acids is 1. The van der Waals surface area contributed by atoms with Crippen LogP contribution in [0.5, 0.6) is 0 Å². The molecule has 3 aromatic rings. The topological polar surface area (TPSA) is 76.2 Å². The van der Waals surface area contributed by atoms with Gasteiger partial charge in [0.25, 0.3) is 0 Å². The van der Waals surface area contributed by atoms with E-state index in [2.05, 4.69) is 26.8 Å². The number of hydrogen-bond donors (Lipinski definition) is 2. The van der Waals surface area contributed by atoms with E-state index >= 15 is 0 Å². The summed E-state index contributed by atoms with van der Waals surface area (Å²) in [5.74, 6) is -0.0235. The van der Waals surface area contributed by atoms with E-state index in [-0.39, 0.29) is 5.91 Å². The molecule has 4 heterocycles. The number of fused-ring (bicyclic) bond motifs is 2. The van der Waals surface area contributed by atoms with Crippen LogP contribution in [-0.2, 0) is 30.8 Å². The van der Waals surface area contributed by atoms with Crippen LogP contribution in [0.4, 0.5) is 0 Å². The minimum absolute atomic E-state index is 0.0235. The summed E-state index contributed by atoms with van der Waals surface area (Å²) in [7, 11) is 0. The quantitative estimate of drug-likeness (QED) is 0.749. The number of nitrogens with one attached hydrogen (secondary N) is 2. The molecule has 2 N–H and O–H groups in total. The molecule has 0 bridgehead atoms. The fourth-order valence-electron chi connectivity index (χ4n) is 3.26. The van der Waals surface area contributed by atoms with Gasteiger partial charge >= 0.3 is 0 Å². The molecule has 25 heavy (non-hydrogen) atoms. The lowest BCUT2D eigenvalue weighted by molar-refractivity contribution is -0.120. The number of nitrogens with zero attached hydrogens (tertiary/aromatic N) is 4. The van der Waals surface area contributed by atoms with Crippen molar-refractivity contribution >= 4 is 11.6 Å². The van der Waals surface area contributed by atoms with Gasteiger partial charge in [0.15, 0.2) is 0 Å². The van der Waals surface area contributed by atoms with E-state index in [1.165, 1.54) is 5.69 Å². The van der Waals surface area contributed by atoms with Crippen LogP contribution in [0.2, 0.25) is 0 Å². The zero-order chi connectivity index (χ0) is 17.2. The Morgan fingerprint density at radius 1 is 1.44 bits per heavy atom. The van der Waals surface area contributed by atoms with Crippen molar-refractivity contribution in [3.05, 3.63) is 53.2 Å². The Balaban J connectivity index is 1.40. The average molecular weight is 338 g/mol. The molecule has 0 radical (unpaired) electrons. The Morgan fingerprint density at radius 2 is 2.36 bits per heavy atom. The fourth-order valence-corrected chi connectivity index (χ4v) is 3.26. The molecule has 1 amide bonds. The smallest absolute Gasteiger partial charge is 0.226 e. The van der Waals surface area contributed by atoms with Gasteiger partial charge in [-0.1, -0.05) is 6.07 Å². The third-order valence-electron chi connectivity index (χ3n) is 4.56. The summed E-state index contributed by atoms with van der Waals surface area (Å²) in [5.41, 5.74) is 4.97. The van der Waals surface area contributed by atoms with Crippen LogP contribution in [0, 0.1) is 6.92 Å². The van der Waals surface area contributed by atoms with Crippen LogP contribution in [0.15, 0.2) is 30.6 Å². The number of amides is 1. The Labute approximate surface area is 146 Å². The van der Waals surface area contributed by atoms with Gasteiger partial charge in [0.05, 0.1) is 30.0 Å². The zero-order valence-corrected chi connectivity index (χ0v) is 14.3. The second-order valence-electron chi connectivity index (χ2n) is 6.47. The maximum atomic E-state index is 12.3. The van der Waals surface area contributed by atoms with Gasteiger partial charge in [-0.2, -0.15) is 5.10 Å². The van der Waals surface area contributed by atoms with Gasteiger partial charge < -0.3 is 15.0 Å². The van der Waals surface area contributed by atoms with Gasteiger partial charge in [-0.05, 0) is 37.6 Å². The maximum absolute atomic E-state index is 12.3. The van der Waals surface area contributed by atoms with Crippen LogP contribution < -0.4 is 10.6 Å². The first-order valence-electron chi connectivity index (χ1n) is 8.65. The molecular formula is C18H22N6O. The molecule has 0 spiro atoms. The minimum Gasteiger partial charge on any atom is -0.350 e. The summed E-state index contributed by atoms with van der Waals surface area (Å²) >= 11 is 0. The predicted molar refractivity (Wildman–Crippen MR) is 94.0 cm³/mol. The SMILES string of the molecule is Cc1cccn2c(CC(=O)NCc3cc4n(n3)CCCNC4)cnc12. The van der Waals surface area contributed by atoms with Gasteiger partial charge in [0, 0.05) is 25.5 Å². The largest absolute Gasteiger partial charge is 0.350 e. The Hall–Kier alpha value is -2.67. The van der Waals surface area contributed by atoms with Crippen molar-refractivity contribution in [2.75, 3.05) is 6.54 Å². The predicted octanol–water partition coefficient (Wildman–Crippen LogP) is 1.19. The lowest BCUT2D eigenvalue weighted by Crippen LogP contribution is -2.25. The number of pyridine rings is 1. The molecule has 1 aliphatic rings. The van der Waals surface area contributed by atoms with Crippen molar-refractivity contribution in [3.63, 3.8) is 0 Å². The van der Waals surface area contributed by atoms with Crippen molar-refractivity contribution in [2.45, 2.75) is 39.4 Å². The normalized spacial score (nSPS) is 14.3. The number of hydrogen-bond acceptors (Lipinski definition) is 4. The van der Waals surface area contributed by atoms with Crippen LogP contribution >= 0.6 is 0 Å².